The van der Waals surface area contributed by atoms with Gasteiger partial charge in [0.2, 0.25) is 5.95 Å². The van der Waals surface area contributed by atoms with Gasteiger partial charge in [0.1, 0.15) is 11.5 Å². The fourth-order valence-electron chi connectivity index (χ4n) is 1.81. The van der Waals surface area contributed by atoms with Gasteiger partial charge in [-0.15, -0.1) is 0 Å². The summed E-state index contributed by atoms with van der Waals surface area (Å²) in [6, 6.07) is 11.9. The van der Waals surface area contributed by atoms with Crippen LogP contribution in [0.15, 0.2) is 47.6 Å². The Morgan fingerprint density at radius 3 is 2.80 bits per heavy atom. The maximum Gasteiger partial charge on any atom is 0.222 e. The number of benzene rings is 2. The van der Waals surface area contributed by atoms with Crippen LogP contribution in [0.2, 0.25) is 0 Å². The van der Waals surface area contributed by atoms with E-state index in [1.807, 2.05) is 24.3 Å². The average Bonchev–Trinajstić information content (AvgIpc) is 2.84. The third kappa shape index (κ3) is 2.39. The van der Waals surface area contributed by atoms with Crippen LogP contribution in [-0.4, -0.2) is 26.4 Å². The SMILES string of the molecule is Oc1ccc(/C=N\Nc2nc3ccccc3[nH]2)c(O)c1. The first-order valence-electron chi connectivity index (χ1n) is 5.98. The molecule has 0 saturated carbocycles. The lowest BCUT2D eigenvalue weighted by Crippen LogP contribution is -1.92. The van der Waals surface area contributed by atoms with Crippen LogP contribution in [0.25, 0.3) is 11.0 Å². The monoisotopic (exact) mass is 268 g/mol. The van der Waals surface area contributed by atoms with Gasteiger partial charge in [-0.05, 0) is 24.3 Å². The second-order valence-electron chi connectivity index (χ2n) is 4.22. The number of hydrogen-bond acceptors (Lipinski definition) is 5. The smallest absolute Gasteiger partial charge is 0.222 e. The van der Waals surface area contributed by atoms with Gasteiger partial charge in [-0.25, -0.2) is 10.4 Å². The van der Waals surface area contributed by atoms with E-state index in [4.69, 9.17) is 0 Å². The molecule has 100 valence electrons. The van der Waals surface area contributed by atoms with Crippen molar-refractivity contribution in [2.45, 2.75) is 0 Å². The molecule has 3 rings (SSSR count). The average molecular weight is 268 g/mol. The summed E-state index contributed by atoms with van der Waals surface area (Å²) >= 11 is 0. The van der Waals surface area contributed by atoms with Crippen molar-refractivity contribution < 1.29 is 10.2 Å². The van der Waals surface area contributed by atoms with Crippen molar-refractivity contribution in [3.8, 4) is 11.5 Å². The molecule has 0 radical (unpaired) electrons. The topological polar surface area (TPSA) is 93.5 Å². The van der Waals surface area contributed by atoms with Crippen molar-refractivity contribution >= 4 is 23.2 Å². The molecular weight excluding hydrogens is 256 g/mol. The first-order valence-corrected chi connectivity index (χ1v) is 5.98. The van der Waals surface area contributed by atoms with Crippen LogP contribution in [0.3, 0.4) is 0 Å². The third-order valence-electron chi connectivity index (χ3n) is 2.78. The summed E-state index contributed by atoms with van der Waals surface area (Å²) in [6.07, 6.45) is 1.45. The zero-order valence-corrected chi connectivity index (χ0v) is 10.4. The number of para-hydroxylation sites is 2. The highest BCUT2D eigenvalue weighted by Crippen LogP contribution is 2.21. The predicted molar refractivity (Wildman–Crippen MR) is 77.1 cm³/mol. The van der Waals surface area contributed by atoms with E-state index in [0.29, 0.717) is 11.5 Å². The molecule has 6 heteroatoms. The summed E-state index contributed by atoms with van der Waals surface area (Å²) in [6.45, 7) is 0. The van der Waals surface area contributed by atoms with Gasteiger partial charge in [-0.1, -0.05) is 12.1 Å². The fraction of sp³-hybridized carbons (Fsp3) is 0. The Morgan fingerprint density at radius 1 is 1.15 bits per heavy atom. The Morgan fingerprint density at radius 2 is 2.00 bits per heavy atom. The number of H-pyrrole nitrogens is 1. The number of phenols is 2. The van der Waals surface area contributed by atoms with E-state index in [-0.39, 0.29) is 11.5 Å². The van der Waals surface area contributed by atoms with Gasteiger partial charge in [0, 0.05) is 11.6 Å². The number of hydrazone groups is 1. The maximum absolute atomic E-state index is 9.60. The van der Waals surface area contributed by atoms with E-state index in [1.165, 1.54) is 18.3 Å². The highest BCUT2D eigenvalue weighted by Gasteiger charge is 2.01. The third-order valence-corrected chi connectivity index (χ3v) is 2.78. The van der Waals surface area contributed by atoms with Gasteiger partial charge in [-0.3, -0.25) is 0 Å². The molecule has 0 aliphatic heterocycles. The molecule has 6 nitrogen and oxygen atoms in total. The molecule has 0 unspecified atom stereocenters. The molecule has 0 aliphatic rings. The zero-order chi connectivity index (χ0) is 13.9. The second-order valence-corrected chi connectivity index (χ2v) is 4.22. The number of hydrogen-bond donors (Lipinski definition) is 4. The van der Waals surface area contributed by atoms with Crippen LogP contribution >= 0.6 is 0 Å². The van der Waals surface area contributed by atoms with Gasteiger partial charge in [0.05, 0.1) is 17.2 Å². The first-order chi connectivity index (χ1) is 9.72. The van der Waals surface area contributed by atoms with Crippen molar-refractivity contribution in [2.24, 2.45) is 5.10 Å². The molecule has 20 heavy (non-hydrogen) atoms. The normalized spacial score (nSPS) is 11.2. The Kier molecular flexibility index (Phi) is 2.96. The zero-order valence-electron chi connectivity index (χ0n) is 10.4. The van der Waals surface area contributed by atoms with Gasteiger partial charge >= 0.3 is 0 Å². The van der Waals surface area contributed by atoms with Crippen LogP contribution in [0, 0.1) is 0 Å². The summed E-state index contributed by atoms with van der Waals surface area (Å²) in [5, 5.41) is 22.8. The van der Waals surface area contributed by atoms with Crippen molar-refractivity contribution in [3.63, 3.8) is 0 Å². The molecule has 2 aromatic carbocycles. The number of aromatic hydroxyl groups is 2. The molecule has 0 fully saturated rings. The van der Waals surface area contributed by atoms with E-state index >= 15 is 0 Å². The number of aromatic amines is 1. The lowest BCUT2D eigenvalue weighted by Gasteiger charge is -1.99. The molecule has 0 atom stereocenters. The van der Waals surface area contributed by atoms with Crippen LogP contribution in [0.5, 0.6) is 11.5 Å². The van der Waals surface area contributed by atoms with Crippen LogP contribution in [0.4, 0.5) is 5.95 Å². The summed E-state index contributed by atoms with van der Waals surface area (Å²) in [5.41, 5.74) is 5.01. The molecule has 0 spiro atoms. The van der Waals surface area contributed by atoms with Crippen molar-refractivity contribution in [2.75, 3.05) is 5.43 Å². The highest BCUT2D eigenvalue weighted by molar-refractivity contribution is 5.84. The van der Waals surface area contributed by atoms with Crippen LogP contribution < -0.4 is 5.43 Å². The number of nitrogens with zero attached hydrogens (tertiary/aromatic N) is 2. The van der Waals surface area contributed by atoms with Gasteiger partial charge < -0.3 is 15.2 Å². The number of anilines is 1. The summed E-state index contributed by atoms with van der Waals surface area (Å²) in [4.78, 5) is 7.36. The number of rotatable bonds is 3. The van der Waals surface area contributed by atoms with Gasteiger partial charge in [0.15, 0.2) is 0 Å². The number of fused-ring (bicyclic) bond motifs is 1. The molecule has 0 aliphatic carbocycles. The van der Waals surface area contributed by atoms with Crippen LogP contribution in [-0.2, 0) is 0 Å². The van der Waals surface area contributed by atoms with Crippen molar-refractivity contribution in [1.29, 1.82) is 0 Å². The molecule has 0 amide bonds. The molecule has 1 heterocycles. The number of imidazole rings is 1. The molecular formula is C14H12N4O2. The first kappa shape index (κ1) is 12.0. The Bertz CT molecular complexity index is 747. The summed E-state index contributed by atoms with van der Waals surface area (Å²) in [7, 11) is 0. The maximum atomic E-state index is 9.60. The van der Waals surface area contributed by atoms with Crippen molar-refractivity contribution in [1.82, 2.24) is 9.97 Å². The van der Waals surface area contributed by atoms with E-state index in [1.54, 1.807) is 6.07 Å². The minimum Gasteiger partial charge on any atom is -0.508 e. The molecule has 0 saturated heterocycles. The molecule has 3 aromatic rings. The Labute approximate surface area is 114 Å². The van der Waals surface area contributed by atoms with Crippen molar-refractivity contribution in [3.05, 3.63) is 48.0 Å². The van der Waals surface area contributed by atoms with E-state index < -0.39 is 0 Å². The number of nitrogens with one attached hydrogen (secondary N) is 2. The van der Waals surface area contributed by atoms with Gasteiger partial charge in [-0.2, -0.15) is 5.10 Å². The number of phenolic OH excluding ortho intramolecular Hbond substituents is 2. The lowest BCUT2D eigenvalue weighted by molar-refractivity contribution is 0.450. The lowest BCUT2D eigenvalue weighted by atomic mass is 10.2. The molecule has 4 N–H and O–H groups in total. The number of aromatic nitrogens is 2. The van der Waals surface area contributed by atoms with E-state index in [9.17, 15) is 10.2 Å². The fourth-order valence-corrected chi connectivity index (χ4v) is 1.81. The van der Waals surface area contributed by atoms with E-state index in [0.717, 1.165) is 11.0 Å². The summed E-state index contributed by atoms with van der Waals surface area (Å²) in [5.74, 6) is 0.478. The molecule has 1 aromatic heterocycles. The minimum absolute atomic E-state index is 0.00453. The second kappa shape index (κ2) is 4.93. The minimum atomic E-state index is -0.0415. The Hall–Kier alpha value is -3.02. The predicted octanol–water partition coefficient (Wildman–Crippen LogP) is 2.42. The van der Waals surface area contributed by atoms with Crippen LogP contribution in [0.1, 0.15) is 5.56 Å². The summed E-state index contributed by atoms with van der Waals surface area (Å²) < 4.78 is 0. The van der Waals surface area contributed by atoms with Gasteiger partial charge in [0.25, 0.3) is 0 Å². The van der Waals surface area contributed by atoms with E-state index in [2.05, 4.69) is 20.5 Å². The Balaban J connectivity index is 1.76. The quantitative estimate of drug-likeness (QED) is 0.433. The standard InChI is InChI=1S/C14H12N4O2/c19-10-6-5-9(13(20)7-10)8-15-18-14-16-11-3-1-2-4-12(11)17-14/h1-8,19-20H,(H2,16,17,18)/b15-8-. The highest BCUT2D eigenvalue weighted by atomic mass is 16.3. The largest absolute Gasteiger partial charge is 0.508 e. The molecule has 0 bridgehead atoms.